The lowest BCUT2D eigenvalue weighted by molar-refractivity contribution is -0.120. The Morgan fingerprint density at radius 1 is 1.19 bits per heavy atom. The molecule has 0 fully saturated rings. The summed E-state index contributed by atoms with van der Waals surface area (Å²) >= 11 is 0. The van der Waals surface area contributed by atoms with Crippen LogP contribution in [0, 0.1) is 17.8 Å². The van der Waals surface area contributed by atoms with Gasteiger partial charge in [0.25, 0.3) is 0 Å². The highest BCUT2D eigenvalue weighted by atomic mass is 19.4. The van der Waals surface area contributed by atoms with E-state index in [1.165, 1.54) is 18.5 Å². The van der Waals surface area contributed by atoms with E-state index in [-0.39, 0.29) is 29.8 Å². The summed E-state index contributed by atoms with van der Waals surface area (Å²) in [5.41, 5.74) is 0.550. The highest BCUT2D eigenvalue weighted by Gasteiger charge is 2.27. The van der Waals surface area contributed by atoms with Gasteiger partial charge in [-0.05, 0) is 25.6 Å². The molecule has 0 aromatic carbocycles. The van der Waals surface area contributed by atoms with Crippen molar-refractivity contribution >= 4 is 23.4 Å². The minimum Gasteiger partial charge on any atom is -0.360 e. The maximum Gasteiger partial charge on any atom is 0.405 e. The zero-order valence-electron chi connectivity index (χ0n) is 16.6. The van der Waals surface area contributed by atoms with Gasteiger partial charge in [0, 0.05) is 13.0 Å². The van der Waals surface area contributed by atoms with Gasteiger partial charge in [0.05, 0.1) is 30.2 Å². The van der Waals surface area contributed by atoms with Crippen LogP contribution in [0.1, 0.15) is 18.4 Å². The first-order valence-electron chi connectivity index (χ1n) is 9.23. The number of carbonyl (C=O) groups excluding carboxylic acids is 1. The van der Waals surface area contributed by atoms with Crippen LogP contribution in [-0.4, -0.2) is 53.7 Å². The Bertz CT molecular complexity index is 924. The van der Waals surface area contributed by atoms with Crippen LogP contribution in [-0.2, 0) is 4.79 Å². The summed E-state index contributed by atoms with van der Waals surface area (Å²) in [7, 11) is 1.66. The summed E-state index contributed by atoms with van der Waals surface area (Å²) in [6, 6.07) is 2.50. The van der Waals surface area contributed by atoms with Gasteiger partial charge in [0.1, 0.15) is 12.4 Å². The molecule has 2 heterocycles. The van der Waals surface area contributed by atoms with E-state index >= 15 is 0 Å². The summed E-state index contributed by atoms with van der Waals surface area (Å²) in [5, 5.41) is 10.4. The van der Waals surface area contributed by atoms with Crippen molar-refractivity contribution in [1.29, 1.82) is 0 Å². The van der Waals surface area contributed by atoms with Crippen molar-refractivity contribution in [3.8, 4) is 11.8 Å². The molecule has 0 spiro atoms. The average molecular weight is 439 g/mol. The number of pyridine rings is 1. The van der Waals surface area contributed by atoms with Crippen molar-refractivity contribution in [2.75, 3.05) is 37.3 Å². The van der Waals surface area contributed by atoms with Gasteiger partial charge in [-0.3, -0.25) is 4.79 Å². The summed E-state index contributed by atoms with van der Waals surface area (Å²) in [4.78, 5) is 22.8. The lowest BCUT2D eigenvalue weighted by Gasteiger charge is -2.12. The van der Waals surface area contributed by atoms with Crippen LogP contribution in [0.3, 0.4) is 0 Å². The molecule has 12 heteroatoms. The Kier molecular flexibility index (Phi) is 8.95. The number of aromatic nitrogens is 3. The lowest BCUT2D eigenvalue weighted by Crippen LogP contribution is -2.32. The summed E-state index contributed by atoms with van der Waals surface area (Å²) in [6.45, 7) is -0.654. The Labute approximate surface area is 176 Å². The molecule has 0 saturated heterocycles. The number of alkyl halides is 3. The van der Waals surface area contributed by atoms with Crippen LogP contribution in [0.4, 0.5) is 35.0 Å². The normalized spacial score (nSPS) is 10.7. The number of nitrogens with one attached hydrogen (secondary N) is 4. The van der Waals surface area contributed by atoms with Crippen LogP contribution in [0.2, 0.25) is 0 Å². The molecule has 31 heavy (non-hydrogen) atoms. The number of likely N-dealkylation sites (N-methyl/N-ethyl adjacent to an activating group) is 1. The predicted molar refractivity (Wildman–Crippen MR) is 107 cm³/mol. The standard InChI is InChI=1S/C19H21F4N7O/c1-24-11-16(31)25-8-4-2-3-5-13-9-27-18(29-14-6-7-15(20)26-10-14)30-17(13)28-12-19(21,22)23/h6-7,9-10,24H,2,4,8,11-12H2,1H3,(H,25,31)(H2,27,28,29,30). The van der Waals surface area contributed by atoms with Gasteiger partial charge in [-0.2, -0.15) is 22.5 Å². The molecule has 0 unspecified atom stereocenters. The summed E-state index contributed by atoms with van der Waals surface area (Å²) in [5.74, 6) is 4.66. The molecule has 2 aromatic heterocycles. The number of anilines is 3. The highest BCUT2D eigenvalue weighted by Crippen LogP contribution is 2.20. The molecule has 0 radical (unpaired) electrons. The third-order valence-electron chi connectivity index (χ3n) is 3.59. The molecule has 0 atom stereocenters. The molecule has 0 bridgehead atoms. The molecule has 1 amide bonds. The van der Waals surface area contributed by atoms with Crippen LogP contribution in [0.5, 0.6) is 0 Å². The largest absolute Gasteiger partial charge is 0.405 e. The first kappa shape index (κ1) is 23.8. The second kappa shape index (κ2) is 11.7. The maximum absolute atomic E-state index is 12.9. The Balaban J connectivity index is 2.05. The van der Waals surface area contributed by atoms with Gasteiger partial charge < -0.3 is 21.3 Å². The van der Waals surface area contributed by atoms with Crippen molar-refractivity contribution in [3.05, 3.63) is 36.0 Å². The minimum atomic E-state index is -4.45. The summed E-state index contributed by atoms with van der Waals surface area (Å²) in [6.07, 6.45) is -0.974. The summed E-state index contributed by atoms with van der Waals surface area (Å²) < 4.78 is 50.8. The second-order valence-electron chi connectivity index (χ2n) is 6.20. The quantitative estimate of drug-likeness (QED) is 0.206. The van der Waals surface area contributed by atoms with Crippen molar-refractivity contribution in [2.24, 2.45) is 0 Å². The number of hydrogen-bond donors (Lipinski definition) is 4. The van der Waals surface area contributed by atoms with Gasteiger partial charge >= 0.3 is 6.18 Å². The third kappa shape index (κ3) is 9.26. The molecular weight excluding hydrogens is 418 g/mol. The molecule has 166 valence electrons. The molecule has 8 nitrogen and oxygen atoms in total. The number of carbonyl (C=O) groups is 1. The van der Waals surface area contributed by atoms with Gasteiger partial charge in [0.2, 0.25) is 17.8 Å². The first-order valence-corrected chi connectivity index (χ1v) is 9.23. The molecule has 2 rings (SSSR count). The van der Waals surface area contributed by atoms with E-state index in [0.717, 1.165) is 6.07 Å². The van der Waals surface area contributed by atoms with Crippen LogP contribution >= 0.6 is 0 Å². The van der Waals surface area contributed by atoms with E-state index in [2.05, 4.69) is 48.1 Å². The Hall–Kier alpha value is -3.46. The number of rotatable bonds is 9. The average Bonchev–Trinajstić information content (AvgIpc) is 2.71. The van der Waals surface area contributed by atoms with Crippen LogP contribution in [0.15, 0.2) is 24.5 Å². The topological polar surface area (TPSA) is 104 Å². The highest BCUT2D eigenvalue weighted by molar-refractivity contribution is 5.77. The first-order chi connectivity index (χ1) is 14.8. The van der Waals surface area contributed by atoms with Crippen molar-refractivity contribution in [1.82, 2.24) is 25.6 Å². The van der Waals surface area contributed by atoms with E-state index < -0.39 is 18.7 Å². The van der Waals surface area contributed by atoms with Crippen LogP contribution < -0.4 is 21.3 Å². The van der Waals surface area contributed by atoms with Crippen molar-refractivity contribution < 1.29 is 22.4 Å². The van der Waals surface area contributed by atoms with Gasteiger partial charge in [-0.15, -0.1) is 0 Å². The van der Waals surface area contributed by atoms with E-state index in [0.29, 0.717) is 25.1 Å². The molecular formula is C19H21F4N7O. The fourth-order valence-corrected chi connectivity index (χ4v) is 2.22. The van der Waals surface area contributed by atoms with E-state index in [4.69, 9.17) is 0 Å². The number of amides is 1. The predicted octanol–water partition coefficient (Wildman–Crippen LogP) is 2.20. The molecule has 0 aliphatic rings. The number of hydrogen-bond acceptors (Lipinski definition) is 7. The van der Waals surface area contributed by atoms with Gasteiger partial charge in [-0.25, -0.2) is 9.97 Å². The fraction of sp³-hybridized carbons (Fsp3) is 0.368. The monoisotopic (exact) mass is 439 g/mol. The zero-order valence-corrected chi connectivity index (χ0v) is 16.6. The lowest BCUT2D eigenvalue weighted by atomic mass is 10.2. The molecule has 0 aliphatic carbocycles. The third-order valence-corrected chi connectivity index (χ3v) is 3.59. The number of unbranched alkanes of at least 4 members (excludes halogenated alkanes) is 1. The minimum absolute atomic E-state index is 0.00382. The SMILES string of the molecule is CNCC(=O)NCCCC#Cc1cnc(Nc2ccc(F)nc2)nc1NCC(F)(F)F. The van der Waals surface area contributed by atoms with Crippen molar-refractivity contribution in [3.63, 3.8) is 0 Å². The zero-order chi connectivity index (χ0) is 22.7. The molecule has 0 saturated carbocycles. The van der Waals surface area contributed by atoms with Crippen LogP contribution in [0.25, 0.3) is 0 Å². The van der Waals surface area contributed by atoms with E-state index in [1.54, 1.807) is 7.05 Å². The van der Waals surface area contributed by atoms with Gasteiger partial charge in [-0.1, -0.05) is 11.8 Å². The van der Waals surface area contributed by atoms with Crippen molar-refractivity contribution in [2.45, 2.75) is 19.0 Å². The molecule has 4 N–H and O–H groups in total. The smallest absolute Gasteiger partial charge is 0.360 e. The Morgan fingerprint density at radius 3 is 2.68 bits per heavy atom. The van der Waals surface area contributed by atoms with E-state index in [1.807, 2.05) is 0 Å². The number of halogens is 4. The molecule has 0 aliphatic heterocycles. The Morgan fingerprint density at radius 2 is 2.00 bits per heavy atom. The maximum atomic E-state index is 12.9. The second-order valence-corrected chi connectivity index (χ2v) is 6.20. The fourth-order valence-electron chi connectivity index (χ4n) is 2.22. The van der Waals surface area contributed by atoms with Gasteiger partial charge in [0.15, 0.2) is 0 Å². The molecule has 2 aromatic rings. The number of nitrogens with zero attached hydrogens (tertiary/aromatic N) is 3. The van der Waals surface area contributed by atoms with E-state index in [9.17, 15) is 22.4 Å².